The fourth-order valence-corrected chi connectivity index (χ4v) is 1.81. The Balaban J connectivity index is 2.47. The summed E-state index contributed by atoms with van der Waals surface area (Å²) in [6.45, 7) is -0.189. The maximum absolute atomic E-state index is 11.5. The molecule has 17 heavy (non-hydrogen) atoms. The SMILES string of the molecule is O=C(O)C1Cc2c(nc[nH]c2=O)CN1C(=O)O. The van der Waals surface area contributed by atoms with Crippen LogP contribution in [0.1, 0.15) is 11.3 Å². The van der Waals surface area contributed by atoms with Gasteiger partial charge in [-0.15, -0.1) is 0 Å². The van der Waals surface area contributed by atoms with Crippen molar-refractivity contribution >= 4 is 12.1 Å². The molecule has 0 saturated heterocycles. The van der Waals surface area contributed by atoms with Gasteiger partial charge in [0.1, 0.15) is 6.04 Å². The van der Waals surface area contributed by atoms with Crippen molar-refractivity contribution in [3.63, 3.8) is 0 Å². The number of fused-ring (bicyclic) bond motifs is 1. The van der Waals surface area contributed by atoms with Crippen molar-refractivity contribution in [2.45, 2.75) is 19.0 Å². The van der Waals surface area contributed by atoms with E-state index in [4.69, 9.17) is 10.2 Å². The number of aliphatic carboxylic acids is 1. The average molecular weight is 239 g/mol. The molecule has 3 N–H and O–H groups in total. The second-order valence-corrected chi connectivity index (χ2v) is 3.63. The highest BCUT2D eigenvalue weighted by Gasteiger charge is 2.36. The minimum atomic E-state index is -1.34. The zero-order chi connectivity index (χ0) is 12.6. The highest BCUT2D eigenvalue weighted by Crippen LogP contribution is 2.19. The molecule has 1 aliphatic heterocycles. The van der Waals surface area contributed by atoms with Gasteiger partial charge < -0.3 is 15.2 Å². The molecule has 0 bridgehead atoms. The lowest BCUT2D eigenvalue weighted by atomic mass is 9.99. The lowest BCUT2D eigenvalue weighted by Crippen LogP contribution is -2.49. The maximum atomic E-state index is 11.5. The molecule has 1 aromatic rings. The van der Waals surface area contributed by atoms with Gasteiger partial charge in [-0.05, 0) is 0 Å². The average Bonchev–Trinajstić information content (AvgIpc) is 2.27. The maximum Gasteiger partial charge on any atom is 0.408 e. The molecule has 0 spiro atoms. The van der Waals surface area contributed by atoms with E-state index in [-0.39, 0.29) is 18.5 Å². The Morgan fingerprint density at radius 2 is 2.18 bits per heavy atom. The number of rotatable bonds is 1. The third-order valence-electron chi connectivity index (χ3n) is 2.66. The number of amides is 1. The first-order valence-electron chi connectivity index (χ1n) is 4.78. The Labute approximate surface area is 94.5 Å². The molecule has 0 aromatic carbocycles. The summed E-state index contributed by atoms with van der Waals surface area (Å²) in [6.07, 6.45) is -0.340. The van der Waals surface area contributed by atoms with Crippen molar-refractivity contribution in [3.8, 4) is 0 Å². The van der Waals surface area contributed by atoms with Gasteiger partial charge in [0.05, 0.1) is 18.6 Å². The van der Waals surface area contributed by atoms with Crippen molar-refractivity contribution in [2.75, 3.05) is 0 Å². The number of hydrogen-bond acceptors (Lipinski definition) is 4. The summed E-state index contributed by atoms with van der Waals surface area (Å²) in [5.41, 5.74) is 0.109. The molecule has 0 saturated carbocycles. The van der Waals surface area contributed by atoms with E-state index in [1.165, 1.54) is 6.33 Å². The molecule has 2 heterocycles. The molecule has 8 nitrogen and oxygen atoms in total. The minimum absolute atomic E-state index is 0.167. The van der Waals surface area contributed by atoms with Crippen LogP contribution in [0.2, 0.25) is 0 Å². The molecule has 1 aliphatic rings. The summed E-state index contributed by atoms with van der Waals surface area (Å²) in [5.74, 6) is -1.28. The van der Waals surface area contributed by atoms with Crippen LogP contribution in [0.25, 0.3) is 0 Å². The first-order valence-corrected chi connectivity index (χ1v) is 4.78. The van der Waals surface area contributed by atoms with Crippen LogP contribution in [0, 0.1) is 0 Å². The Kier molecular flexibility index (Phi) is 2.54. The lowest BCUT2D eigenvalue weighted by Gasteiger charge is -2.30. The predicted molar refractivity (Wildman–Crippen MR) is 53.6 cm³/mol. The van der Waals surface area contributed by atoms with Gasteiger partial charge >= 0.3 is 12.1 Å². The van der Waals surface area contributed by atoms with Gasteiger partial charge in [0.15, 0.2) is 0 Å². The van der Waals surface area contributed by atoms with Crippen molar-refractivity contribution in [2.24, 2.45) is 0 Å². The number of aromatic amines is 1. The number of nitrogens with one attached hydrogen (secondary N) is 1. The van der Waals surface area contributed by atoms with Gasteiger partial charge in [-0.1, -0.05) is 0 Å². The highest BCUT2D eigenvalue weighted by molar-refractivity contribution is 5.80. The van der Waals surface area contributed by atoms with Crippen LogP contribution in [0.15, 0.2) is 11.1 Å². The van der Waals surface area contributed by atoms with Crippen molar-refractivity contribution in [3.05, 3.63) is 27.9 Å². The van der Waals surface area contributed by atoms with Crippen LogP contribution >= 0.6 is 0 Å². The highest BCUT2D eigenvalue weighted by atomic mass is 16.4. The molecular weight excluding hydrogens is 230 g/mol. The molecule has 1 amide bonds. The van der Waals surface area contributed by atoms with Crippen molar-refractivity contribution in [1.82, 2.24) is 14.9 Å². The Morgan fingerprint density at radius 3 is 2.76 bits per heavy atom. The van der Waals surface area contributed by atoms with Crippen LogP contribution in [0.3, 0.4) is 0 Å². The molecule has 1 atom stereocenters. The summed E-state index contributed by atoms with van der Waals surface area (Å²) in [5, 5.41) is 17.8. The van der Waals surface area contributed by atoms with Gasteiger partial charge in [0, 0.05) is 12.0 Å². The van der Waals surface area contributed by atoms with Crippen LogP contribution in [-0.2, 0) is 17.8 Å². The number of hydrogen-bond donors (Lipinski definition) is 3. The van der Waals surface area contributed by atoms with Crippen LogP contribution in [0.5, 0.6) is 0 Å². The first kappa shape index (κ1) is 11.1. The van der Waals surface area contributed by atoms with Gasteiger partial charge in [0.25, 0.3) is 5.56 Å². The lowest BCUT2D eigenvalue weighted by molar-refractivity contribution is -0.143. The molecule has 0 radical (unpaired) electrons. The van der Waals surface area contributed by atoms with Gasteiger partial charge in [0.2, 0.25) is 0 Å². The predicted octanol–water partition coefficient (Wildman–Crippen LogP) is -0.741. The topological polar surface area (TPSA) is 124 Å². The monoisotopic (exact) mass is 239 g/mol. The van der Waals surface area contributed by atoms with Gasteiger partial charge in [-0.25, -0.2) is 14.6 Å². The fourth-order valence-electron chi connectivity index (χ4n) is 1.81. The number of carboxylic acid groups (broad SMARTS) is 2. The quantitative estimate of drug-likeness (QED) is 0.593. The van der Waals surface area contributed by atoms with E-state index in [0.717, 1.165) is 4.90 Å². The third-order valence-corrected chi connectivity index (χ3v) is 2.66. The summed E-state index contributed by atoms with van der Waals surface area (Å²) in [6, 6.07) is -1.25. The normalized spacial score (nSPS) is 18.6. The van der Waals surface area contributed by atoms with E-state index in [1.54, 1.807) is 0 Å². The molecule has 0 fully saturated rings. The number of nitrogens with zero attached hydrogens (tertiary/aromatic N) is 2. The molecular formula is C9H9N3O5. The molecule has 90 valence electrons. The zero-order valence-electron chi connectivity index (χ0n) is 8.58. The minimum Gasteiger partial charge on any atom is -0.480 e. The van der Waals surface area contributed by atoms with Crippen molar-refractivity contribution in [1.29, 1.82) is 0 Å². The number of aromatic nitrogens is 2. The van der Waals surface area contributed by atoms with Gasteiger partial charge in [-0.3, -0.25) is 9.69 Å². The summed E-state index contributed by atoms with van der Waals surface area (Å²) in [4.78, 5) is 40.3. The van der Waals surface area contributed by atoms with Crippen LogP contribution in [0.4, 0.5) is 4.79 Å². The first-order chi connectivity index (χ1) is 8.00. The summed E-state index contributed by atoms with van der Waals surface area (Å²) >= 11 is 0. The van der Waals surface area contributed by atoms with E-state index < -0.39 is 23.7 Å². The Hall–Kier alpha value is -2.38. The second-order valence-electron chi connectivity index (χ2n) is 3.63. The van der Waals surface area contributed by atoms with E-state index in [1.807, 2.05) is 0 Å². The van der Waals surface area contributed by atoms with E-state index in [0.29, 0.717) is 5.69 Å². The van der Waals surface area contributed by atoms with E-state index in [2.05, 4.69) is 9.97 Å². The molecule has 8 heteroatoms. The molecule has 1 aromatic heterocycles. The number of H-pyrrole nitrogens is 1. The summed E-state index contributed by atoms with van der Waals surface area (Å²) < 4.78 is 0. The fraction of sp³-hybridized carbons (Fsp3) is 0.333. The van der Waals surface area contributed by atoms with Crippen LogP contribution < -0.4 is 5.56 Å². The number of carbonyl (C=O) groups is 2. The van der Waals surface area contributed by atoms with Crippen molar-refractivity contribution < 1.29 is 19.8 Å². The second kappa shape index (κ2) is 3.89. The van der Waals surface area contributed by atoms with E-state index >= 15 is 0 Å². The van der Waals surface area contributed by atoms with Gasteiger partial charge in [-0.2, -0.15) is 0 Å². The summed E-state index contributed by atoms with van der Waals surface area (Å²) in [7, 11) is 0. The van der Waals surface area contributed by atoms with E-state index in [9.17, 15) is 14.4 Å². The molecule has 1 unspecified atom stereocenters. The molecule has 2 rings (SSSR count). The largest absolute Gasteiger partial charge is 0.480 e. The zero-order valence-corrected chi connectivity index (χ0v) is 8.58. The third kappa shape index (κ3) is 1.84. The number of carboxylic acids is 1. The van der Waals surface area contributed by atoms with Crippen LogP contribution in [-0.4, -0.2) is 43.2 Å². The Morgan fingerprint density at radius 1 is 1.47 bits per heavy atom. The smallest absolute Gasteiger partial charge is 0.408 e. The Bertz CT molecular complexity index is 538. The standard InChI is InChI=1S/C9H9N3O5/c13-7-4-1-6(8(14)15)12(9(16)17)2-5(4)10-3-11-7/h3,6H,1-2H2,(H,14,15)(H,16,17)(H,10,11,13). The molecule has 0 aliphatic carbocycles.